The van der Waals surface area contributed by atoms with E-state index in [1.54, 1.807) is 24.3 Å². The van der Waals surface area contributed by atoms with E-state index in [2.05, 4.69) is 5.32 Å². The molecular formula is C18H15NO2. The minimum absolute atomic E-state index is 0.144. The predicted molar refractivity (Wildman–Crippen MR) is 84.4 cm³/mol. The van der Waals surface area contributed by atoms with Crippen LogP contribution < -0.4 is 5.32 Å². The summed E-state index contributed by atoms with van der Waals surface area (Å²) in [7, 11) is 0. The normalized spacial score (nSPS) is 10.5. The highest BCUT2D eigenvalue weighted by Crippen LogP contribution is 2.23. The fourth-order valence-corrected chi connectivity index (χ4v) is 2.36. The minimum atomic E-state index is -0.146. The number of benzene rings is 3. The van der Waals surface area contributed by atoms with E-state index in [9.17, 15) is 9.90 Å². The van der Waals surface area contributed by atoms with Crippen molar-refractivity contribution >= 4 is 22.4 Å². The Morgan fingerprint density at radius 3 is 2.48 bits per heavy atom. The van der Waals surface area contributed by atoms with Gasteiger partial charge in [0.15, 0.2) is 0 Å². The van der Waals surface area contributed by atoms with Crippen molar-refractivity contribution in [3.8, 4) is 5.75 Å². The maximum absolute atomic E-state index is 12.2. The molecule has 0 aromatic heterocycles. The fraction of sp³-hybridized carbons (Fsp3) is 0.0556. The van der Waals surface area contributed by atoms with E-state index >= 15 is 0 Å². The van der Waals surface area contributed by atoms with Crippen LogP contribution in [0.1, 0.15) is 5.56 Å². The van der Waals surface area contributed by atoms with Crippen molar-refractivity contribution in [2.45, 2.75) is 6.42 Å². The van der Waals surface area contributed by atoms with E-state index in [4.69, 9.17) is 0 Å². The average molecular weight is 277 g/mol. The van der Waals surface area contributed by atoms with Crippen LogP contribution in [-0.4, -0.2) is 11.0 Å². The first-order chi connectivity index (χ1) is 10.2. The SMILES string of the molecule is O=C(Cc1ccccc1O)Nc1cccc2ccccc12. The van der Waals surface area contributed by atoms with Crippen LogP contribution in [0.15, 0.2) is 66.7 Å². The van der Waals surface area contributed by atoms with E-state index in [1.165, 1.54) is 0 Å². The molecule has 3 heteroatoms. The maximum Gasteiger partial charge on any atom is 0.228 e. The molecule has 104 valence electrons. The number of amides is 1. The van der Waals surface area contributed by atoms with Crippen LogP contribution in [0, 0.1) is 0 Å². The molecule has 0 atom stereocenters. The monoisotopic (exact) mass is 277 g/mol. The summed E-state index contributed by atoms with van der Waals surface area (Å²) in [5.74, 6) is -0.00146. The summed E-state index contributed by atoms with van der Waals surface area (Å²) in [6, 6.07) is 20.6. The third-order valence-corrected chi connectivity index (χ3v) is 3.41. The molecule has 21 heavy (non-hydrogen) atoms. The number of nitrogens with one attached hydrogen (secondary N) is 1. The molecule has 3 rings (SSSR count). The lowest BCUT2D eigenvalue weighted by molar-refractivity contribution is -0.115. The van der Waals surface area contributed by atoms with E-state index in [0.29, 0.717) is 5.56 Å². The summed E-state index contributed by atoms with van der Waals surface area (Å²) in [4.78, 5) is 12.2. The van der Waals surface area contributed by atoms with Crippen LogP contribution in [-0.2, 0) is 11.2 Å². The van der Waals surface area contributed by atoms with Gasteiger partial charge in [-0.1, -0.05) is 54.6 Å². The first-order valence-corrected chi connectivity index (χ1v) is 6.78. The number of rotatable bonds is 3. The van der Waals surface area contributed by atoms with Gasteiger partial charge in [-0.2, -0.15) is 0 Å². The quantitative estimate of drug-likeness (QED) is 0.766. The molecule has 2 N–H and O–H groups in total. The number of anilines is 1. The number of phenolic OH excluding ortho intramolecular Hbond substituents is 1. The maximum atomic E-state index is 12.2. The number of hydrogen-bond donors (Lipinski definition) is 2. The Balaban J connectivity index is 1.82. The zero-order chi connectivity index (χ0) is 14.7. The Morgan fingerprint density at radius 2 is 1.62 bits per heavy atom. The summed E-state index contributed by atoms with van der Waals surface area (Å²) in [6.07, 6.45) is 0.149. The molecule has 3 aromatic rings. The van der Waals surface area contributed by atoms with E-state index < -0.39 is 0 Å². The summed E-state index contributed by atoms with van der Waals surface area (Å²) in [5, 5.41) is 14.7. The zero-order valence-corrected chi connectivity index (χ0v) is 11.4. The van der Waals surface area contributed by atoms with Gasteiger partial charge in [-0.15, -0.1) is 0 Å². The Bertz CT molecular complexity index is 791. The molecule has 0 unspecified atom stereocenters. The third kappa shape index (κ3) is 2.87. The van der Waals surface area contributed by atoms with Crippen molar-refractivity contribution in [3.05, 3.63) is 72.3 Å². The summed E-state index contributed by atoms with van der Waals surface area (Å²) >= 11 is 0. The molecule has 1 amide bonds. The number of hydrogen-bond acceptors (Lipinski definition) is 2. The zero-order valence-electron chi connectivity index (χ0n) is 11.4. The van der Waals surface area contributed by atoms with Gasteiger partial charge < -0.3 is 10.4 Å². The van der Waals surface area contributed by atoms with Crippen molar-refractivity contribution in [2.24, 2.45) is 0 Å². The Kier molecular flexibility index (Phi) is 3.56. The van der Waals surface area contributed by atoms with Crippen LogP contribution >= 0.6 is 0 Å². The summed E-state index contributed by atoms with van der Waals surface area (Å²) < 4.78 is 0. The second-order valence-corrected chi connectivity index (χ2v) is 4.88. The third-order valence-electron chi connectivity index (χ3n) is 3.41. The lowest BCUT2D eigenvalue weighted by atomic mass is 10.1. The van der Waals surface area contributed by atoms with E-state index in [1.807, 2.05) is 42.5 Å². The van der Waals surface area contributed by atoms with Gasteiger partial charge in [-0.05, 0) is 17.5 Å². The van der Waals surface area contributed by atoms with Gasteiger partial charge in [0.05, 0.1) is 6.42 Å². The molecule has 0 saturated carbocycles. The van der Waals surface area contributed by atoms with Gasteiger partial charge in [-0.3, -0.25) is 4.79 Å². The topological polar surface area (TPSA) is 49.3 Å². The van der Waals surface area contributed by atoms with Gasteiger partial charge >= 0.3 is 0 Å². The van der Waals surface area contributed by atoms with Crippen molar-refractivity contribution in [1.29, 1.82) is 0 Å². The highest BCUT2D eigenvalue weighted by atomic mass is 16.3. The standard InChI is InChI=1S/C18H15NO2/c20-17-11-4-2-7-14(17)12-18(21)19-16-10-5-8-13-6-1-3-9-15(13)16/h1-11,20H,12H2,(H,19,21). The van der Waals surface area contributed by atoms with Crippen molar-refractivity contribution < 1.29 is 9.90 Å². The molecule has 0 heterocycles. The van der Waals surface area contributed by atoms with Crippen LogP contribution in [0.4, 0.5) is 5.69 Å². The van der Waals surface area contributed by atoms with Crippen LogP contribution in [0.2, 0.25) is 0 Å². The van der Waals surface area contributed by atoms with E-state index in [-0.39, 0.29) is 18.1 Å². The number of phenols is 1. The Labute approximate surface area is 122 Å². The van der Waals surface area contributed by atoms with Crippen molar-refractivity contribution in [3.63, 3.8) is 0 Å². The molecule has 0 fully saturated rings. The number of carbonyl (C=O) groups excluding carboxylic acids is 1. The largest absolute Gasteiger partial charge is 0.508 e. The minimum Gasteiger partial charge on any atom is -0.508 e. The van der Waals surface area contributed by atoms with Crippen molar-refractivity contribution in [2.75, 3.05) is 5.32 Å². The molecule has 0 bridgehead atoms. The van der Waals surface area contributed by atoms with Crippen molar-refractivity contribution in [1.82, 2.24) is 0 Å². The molecule has 3 aromatic carbocycles. The highest BCUT2D eigenvalue weighted by Gasteiger charge is 2.09. The van der Waals surface area contributed by atoms with Gasteiger partial charge in [0.1, 0.15) is 5.75 Å². The first kappa shape index (κ1) is 13.2. The molecule has 0 aliphatic carbocycles. The highest BCUT2D eigenvalue weighted by molar-refractivity contribution is 6.02. The second kappa shape index (κ2) is 5.67. The summed E-state index contributed by atoms with van der Waals surface area (Å²) in [5.41, 5.74) is 1.41. The average Bonchev–Trinajstić information content (AvgIpc) is 2.50. The molecule has 0 aliphatic rings. The molecule has 0 saturated heterocycles. The first-order valence-electron chi connectivity index (χ1n) is 6.78. The van der Waals surface area contributed by atoms with Crippen LogP contribution in [0.3, 0.4) is 0 Å². The molecule has 0 aliphatic heterocycles. The number of aromatic hydroxyl groups is 1. The molecule has 3 nitrogen and oxygen atoms in total. The predicted octanol–water partition coefficient (Wildman–Crippen LogP) is 3.73. The lowest BCUT2D eigenvalue weighted by Gasteiger charge is -2.09. The molecule has 0 spiro atoms. The number of para-hydroxylation sites is 1. The second-order valence-electron chi connectivity index (χ2n) is 4.88. The smallest absolute Gasteiger partial charge is 0.228 e. The molecule has 0 radical (unpaired) electrons. The van der Waals surface area contributed by atoms with Gasteiger partial charge in [-0.25, -0.2) is 0 Å². The van der Waals surface area contributed by atoms with Gasteiger partial charge in [0.25, 0.3) is 0 Å². The van der Waals surface area contributed by atoms with Gasteiger partial charge in [0.2, 0.25) is 5.91 Å². The van der Waals surface area contributed by atoms with E-state index in [0.717, 1.165) is 16.5 Å². The number of carbonyl (C=O) groups is 1. The van der Waals surface area contributed by atoms with Gasteiger partial charge in [0, 0.05) is 16.6 Å². The fourth-order valence-electron chi connectivity index (χ4n) is 2.36. The molecular weight excluding hydrogens is 262 g/mol. The Morgan fingerprint density at radius 1 is 0.905 bits per heavy atom. The Hall–Kier alpha value is -2.81. The number of fused-ring (bicyclic) bond motifs is 1. The van der Waals surface area contributed by atoms with Crippen LogP contribution in [0.25, 0.3) is 10.8 Å². The van der Waals surface area contributed by atoms with Crippen LogP contribution in [0.5, 0.6) is 5.75 Å². The summed E-state index contributed by atoms with van der Waals surface area (Å²) in [6.45, 7) is 0. The lowest BCUT2D eigenvalue weighted by Crippen LogP contribution is -2.14.